The van der Waals surface area contributed by atoms with E-state index in [4.69, 9.17) is 5.26 Å². The molecule has 0 unspecified atom stereocenters. The second-order valence-corrected chi connectivity index (χ2v) is 4.90. The average molecular weight is 261 g/mol. The Morgan fingerprint density at radius 2 is 1.95 bits per heavy atom. The van der Waals surface area contributed by atoms with Crippen LogP contribution in [0.2, 0.25) is 0 Å². The van der Waals surface area contributed by atoms with Crippen molar-refractivity contribution < 1.29 is 9.72 Å². The molecule has 1 N–H and O–H groups in total. The van der Waals surface area contributed by atoms with Gasteiger partial charge in [-0.2, -0.15) is 5.26 Å². The van der Waals surface area contributed by atoms with Crippen molar-refractivity contribution in [2.75, 3.05) is 5.32 Å². The van der Waals surface area contributed by atoms with Crippen LogP contribution in [0.5, 0.6) is 0 Å². The summed E-state index contributed by atoms with van der Waals surface area (Å²) in [4.78, 5) is 22.2. The first-order valence-corrected chi connectivity index (χ1v) is 5.67. The van der Waals surface area contributed by atoms with Crippen LogP contribution in [0.15, 0.2) is 12.1 Å². The number of carbonyl (C=O) groups excluding carboxylic acids is 1. The molecule has 0 aliphatic heterocycles. The molecular weight excluding hydrogens is 246 g/mol. The minimum absolute atomic E-state index is 0.00930. The van der Waals surface area contributed by atoms with Gasteiger partial charge >= 0.3 is 0 Å². The molecule has 0 aliphatic rings. The summed E-state index contributed by atoms with van der Waals surface area (Å²) in [6, 6.07) is 4.85. The Bertz CT molecular complexity index is 586. The van der Waals surface area contributed by atoms with Gasteiger partial charge in [-0.1, -0.05) is 0 Å². The van der Waals surface area contributed by atoms with Gasteiger partial charge < -0.3 is 5.32 Å². The third kappa shape index (κ3) is 3.07. The van der Waals surface area contributed by atoms with Crippen LogP contribution in [0, 0.1) is 40.7 Å². The molecule has 0 spiro atoms. The first-order chi connectivity index (χ1) is 8.69. The number of nitrogens with zero attached hydrogens (tertiary/aromatic N) is 2. The summed E-state index contributed by atoms with van der Waals surface area (Å²) in [7, 11) is 0. The second-order valence-electron chi connectivity index (χ2n) is 4.90. The van der Waals surface area contributed by atoms with E-state index < -0.39 is 16.2 Å². The van der Waals surface area contributed by atoms with Crippen LogP contribution in [0.1, 0.15) is 25.0 Å². The van der Waals surface area contributed by atoms with Gasteiger partial charge in [-0.15, -0.1) is 0 Å². The van der Waals surface area contributed by atoms with Gasteiger partial charge in [-0.25, -0.2) is 0 Å². The highest BCUT2D eigenvalue weighted by molar-refractivity contribution is 5.97. The quantitative estimate of drug-likeness (QED) is 0.668. The van der Waals surface area contributed by atoms with E-state index in [-0.39, 0.29) is 5.69 Å². The van der Waals surface area contributed by atoms with Crippen LogP contribution in [-0.2, 0) is 4.79 Å². The van der Waals surface area contributed by atoms with Gasteiger partial charge in [-0.3, -0.25) is 14.9 Å². The highest BCUT2D eigenvalue weighted by Crippen LogP contribution is 2.27. The van der Waals surface area contributed by atoms with E-state index >= 15 is 0 Å². The van der Waals surface area contributed by atoms with Crippen LogP contribution in [-0.4, -0.2) is 10.8 Å². The third-order valence-electron chi connectivity index (χ3n) is 2.83. The summed E-state index contributed by atoms with van der Waals surface area (Å²) in [6.07, 6.45) is 0. The van der Waals surface area contributed by atoms with E-state index in [1.54, 1.807) is 19.9 Å². The van der Waals surface area contributed by atoms with Gasteiger partial charge in [-0.05, 0) is 39.3 Å². The van der Waals surface area contributed by atoms with E-state index in [1.807, 2.05) is 6.07 Å². The van der Waals surface area contributed by atoms with E-state index in [0.29, 0.717) is 16.8 Å². The van der Waals surface area contributed by atoms with Crippen LogP contribution in [0.25, 0.3) is 0 Å². The van der Waals surface area contributed by atoms with Gasteiger partial charge in [0.05, 0.1) is 11.0 Å². The van der Waals surface area contributed by atoms with Crippen LogP contribution < -0.4 is 5.32 Å². The number of anilines is 1. The Morgan fingerprint density at radius 1 is 1.37 bits per heavy atom. The molecule has 0 bridgehead atoms. The highest BCUT2D eigenvalue weighted by atomic mass is 16.6. The average Bonchev–Trinajstić information content (AvgIpc) is 2.32. The lowest BCUT2D eigenvalue weighted by molar-refractivity contribution is -0.385. The number of rotatable bonds is 3. The van der Waals surface area contributed by atoms with Gasteiger partial charge in [0.1, 0.15) is 5.41 Å². The first kappa shape index (κ1) is 14.6. The molecule has 0 heterocycles. The highest BCUT2D eigenvalue weighted by Gasteiger charge is 2.28. The Kier molecular flexibility index (Phi) is 3.90. The Morgan fingerprint density at radius 3 is 2.42 bits per heavy atom. The van der Waals surface area contributed by atoms with Gasteiger partial charge in [0.25, 0.3) is 5.69 Å². The van der Waals surface area contributed by atoms with Gasteiger partial charge in [0.2, 0.25) is 5.91 Å². The van der Waals surface area contributed by atoms with E-state index in [2.05, 4.69) is 5.32 Å². The Hall–Kier alpha value is -2.42. The molecule has 1 aromatic carbocycles. The molecule has 0 atom stereocenters. The topological polar surface area (TPSA) is 96.0 Å². The van der Waals surface area contributed by atoms with Crippen molar-refractivity contribution in [2.24, 2.45) is 5.41 Å². The maximum Gasteiger partial charge on any atom is 0.272 e. The van der Waals surface area contributed by atoms with Crippen molar-refractivity contribution in [2.45, 2.75) is 27.7 Å². The van der Waals surface area contributed by atoms with Crippen LogP contribution in [0.4, 0.5) is 11.4 Å². The fourth-order valence-electron chi connectivity index (χ4n) is 1.46. The second kappa shape index (κ2) is 5.06. The van der Waals surface area contributed by atoms with Gasteiger partial charge in [0.15, 0.2) is 0 Å². The number of hydrogen-bond donors (Lipinski definition) is 1. The van der Waals surface area contributed by atoms with Gasteiger partial charge in [0, 0.05) is 17.3 Å². The Balaban J connectivity index is 3.12. The lowest BCUT2D eigenvalue weighted by atomic mass is 9.94. The van der Waals surface area contributed by atoms with E-state index in [1.165, 1.54) is 19.9 Å². The largest absolute Gasteiger partial charge is 0.324 e. The molecule has 19 heavy (non-hydrogen) atoms. The SMILES string of the molecule is Cc1cc([N+](=O)[O-])c(C)cc1NC(=O)C(C)(C)C#N. The molecule has 1 amide bonds. The molecule has 0 aliphatic carbocycles. The first-order valence-electron chi connectivity index (χ1n) is 5.67. The van der Waals surface area contributed by atoms with Crippen molar-refractivity contribution in [3.05, 3.63) is 33.4 Å². The number of amides is 1. The summed E-state index contributed by atoms with van der Waals surface area (Å²) >= 11 is 0. The maximum absolute atomic E-state index is 11.9. The minimum Gasteiger partial charge on any atom is -0.324 e. The van der Waals surface area contributed by atoms with Crippen molar-refractivity contribution >= 4 is 17.3 Å². The lowest BCUT2D eigenvalue weighted by Gasteiger charge is -2.16. The summed E-state index contributed by atoms with van der Waals surface area (Å²) in [5.74, 6) is -0.439. The van der Waals surface area contributed by atoms with Crippen molar-refractivity contribution in [1.29, 1.82) is 5.26 Å². The lowest BCUT2D eigenvalue weighted by Crippen LogP contribution is -2.29. The standard InChI is InChI=1S/C13H15N3O3/c1-8-6-11(16(18)19)9(2)5-10(8)15-12(17)13(3,4)7-14/h5-6H,1-4H3,(H,15,17). The number of nitrogens with one attached hydrogen (secondary N) is 1. The fraction of sp³-hybridized carbons (Fsp3) is 0.385. The molecule has 0 fully saturated rings. The summed E-state index contributed by atoms with van der Waals surface area (Å²) in [5, 5.41) is 22.3. The molecule has 6 nitrogen and oxygen atoms in total. The molecule has 0 saturated heterocycles. The maximum atomic E-state index is 11.9. The summed E-state index contributed by atoms with van der Waals surface area (Å²) in [5.41, 5.74) is 0.383. The van der Waals surface area contributed by atoms with Crippen LogP contribution >= 0.6 is 0 Å². The number of aryl methyl sites for hydroxylation is 2. The molecule has 1 rings (SSSR count). The smallest absolute Gasteiger partial charge is 0.272 e. The van der Waals surface area contributed by atoms with Crippen molar-refractivity contribution in [3.63, 3.8) is 0 Å². The molecule has 0 aromatic heterocycles. The zero-order chi connectivity index (χ0) is 14.8. The number of nitro benzene ring substituents is 1. The predicted molar refractivity (Wildman–Crippen MR) is 70.6 cm³/mol. The zero-order valence-corrected chi connectivity index (χ0v) is 11.3. The molecule has 0 radical (unpaired) electrons. The molecule has 0 saturated carbocycles. The van der Waals surface area contributed by atoms with E-state index in [0.717, 1.165) is 0 Å². The fourth-order valence-corrected chi connectivity index (χ4v) is 1.46. The number of nitriles is 1. The van der Waals surface area contributed by atoms with Crippen LogP contribution in [0.3, 0.4) is 0 Å². The third-order valence-corrected chi connectivity index (χ3v) is 2.83. The number of carbonyl (C=O) groups is 1. The van der Waals surface area contributed by atoms with Crippen molar-refractivity contribution in [3.8, 4) is 6.07 Å². The Labute approximate surface area is 111 Å². The monoisotopic (exact) mass is 261 g/mol. The normalized spacial score (nSPS) is 10.7. The van der Waals surface area contributed by atoms with Crippen molar-refractivity contribution in [1.82, 2.24) is 0 Å². The summed E-state index contributed by atoms with van der Waals surface area (Å²) in [6.45, 7) is 6.29. The molecule has 1 aromatic rings. The number of benzene rings is 1. The predicted octanol–water partition coefficient (Wildman–Crippen LogP) is 2.70. The number of nitro groups is 1. The van der Waals surface area contributed by atoms with E-state index in [9.17, 15) is 14.9 Å². The molecule has 100 valence electrons. The summed E-state index contributed by atoms with van der Waals surface area (Å²) < 4.78 is 0. The number of hydrogen-bond acceptors (Lipinski definition) is 4. The minimum atomic E-state index is -1.15. The zero-order valence-electron chi connectivity index (χ0n) is 11.3. The molecular formula is C13H15N3O3. The molecule has 6 heteroatoms.